The number of carbonyl (C=O) groups is 1. The van der Waals surface area contributed by atoms with E-state index in [9.17, 15) is 4.79 Å². The second-order valence-electron chi connectivity index (χ2n) is 2.84. The van der Waals surface area contributed by atoms with Crippen molar-refractivity contribution in [2.45, 2.75) is 11.3 Å². The highest BCUT2D eigenvalue weighted by atomic mass is 32.2. The summed E-state index contributed by atoms with van der Waals surface area (Å²) in [7, 11) is 1.63. The predicted octanol–water partition coefficient (Wildman–Crippen LogP) is 1.17. The van der Waals surface area contributed by atoms with Crippen molar-refractivity contribution >= 4 is 17.7 Å². The Morgan fingerprint density at radius 3 is 2.67 bits per heavy atom. The van der Waals surface area contributed by atoms with Crippen LogP contribution in [0.5, 0.6) is 5.75 Å². The largest absolute Gasteiger partial charge is 0.497 e. The van der Waals surface area contributed by atoms with Crippen LogP contribution in [-0.4, -0.2) is 18.8 Å². The molecule has 0 aliphatic carbocycles. The van der Waals surface area contributed by atoms with Gasteiger partial charge in [0.25, 0.3) is 0 Å². The van der Waals surface area contributed by atoms with Crippen molar-refractivity contribution in [3.05, 3.63) is 24.3 Å². The molecular weight excluding hydrogens is 212 g/mol. The molecule has 0 saturated carbocycles. The van der Waals surface area contributed by atoms with Gasteiger partial charge in [0.2, 0.25) is 5.91 Å². The molecule has 1 aromatic carbocycles. The summed E-state index contributed by atoms with van der Waals surface area (Å²) in [6, 6.07) is 7.71. The number of hydrogen-bond acceptors (Lipinski definition) is 4. The monoisotopic (exact) mass is 226 g/mol. The third kappa shape index (κ3) is 4.22. The third-order valence-corrected chi connectivity index (χ3v) is 2.83. The summed E-state index contributed by atoms with van der Waals surface area (Å²) in [4.78, 5) is 11.9. The van der Waals surface area contributed by atoms with Gasteiger partial charge in [-0.3, -0.25) is 10.2 Å². The number of benzene rings is 1. The van der Waals surface area contributed by atoms with Crippen LogP contribution in [0.3, 0.4) is 0 Å². The summed E-state index contributed by atoms with van der Waals surface area (Å²) in [5, 5.41) is 0. The predicted molar refractivity (Wildman–Crippen MR) is 60.7 cm³/mol. The maximum Gasteiger partial charge on any atom is 0.234 e. The number of nitrogens with two attached hydrogens (primary N) is 1. The highest BCUT2D eigenvalue weighted by Crippen LogP contribution is 2.21. The Labute approximate surface area is 93.1 Å². The lowest BCUT2D eigenvalue weighted by atomic mass is 10.3. The van der Waals surface area contributed by atoms with Crippen molar-refractivity contribution in [3.8, 4) is 5.75 Å². The maximum absolute atomic E-state index is 10.8. The molecule has 5 heteroatoms. The minimum Gasteiger partial charge on any atom is -0.497 e. The minimum atomic E-state index is -0.143. The zero-order valence-corrected chi connectivity index (χ0v) is 9.34. The summed E-state index contributed by atoms with van der Waals surface area (Å²) in [5.74, 6) is 6.37. The average Bonchev–Trinajstić information content (AvgIpc) is 2.29. The number of hydrazine groups is 1. The molecule has 0 atom stereocenters. The molecule has 0 saturated heterocycles. The number of rotatable bonds is 5. The van der Waals surface area contributed by atoms with Gasteiger partial charge in [0.15, 0.2) is 0 Å². The lowest BCUT2D eigenvalue weighted by Gasteiger charge is -2.02. The van der Waals surface area contributed by atoms with Gasteiger partial charge in [-0.1, -0.05) is 0 Å². The summed E-state index contributed by atoms with van der Waals surface area (Å²) in [5.41, 5.74) is 2.10. The molecule has 0 spiro atoms. The third-order valence-electron chi connectivity index (χ3n) is 1.82. The van der Waals surface area contributed by atoms with E-state index in [0.717, 1.165) is 16.4 Å². The second-order valence-corrected chi connectivity index (χ2v) is 4.01. The first-order valence-corrected chi connectivity index (χ1v) is 5.51. The molecule has 3 N–H and O–H groups in total. The fraction of sp³-hybridized carbons (Fsp3) is 0.300. The van der Waals surface area contributed by atoms with E-state index in [1.54, 1.807) is 18.9 Å². The summed E-state index contributed by atoms with van der Waals surface area (Å²) < 4.78 is 5.04. The van der Waals surface area contributed by atoms with Gasteiger partial charge in [-0.25, -0.2) is 5.84 Å². The molecule has 0 aliphatic rings. The van der Waals surface area contributed by atoms with Gasteiger partial charge < -0.3 is 4.74 Å². The number of thioether (sulfide) groups is 1. The van der Waals surface area contributed by atoms with Gasteiger partial charge in [-0.15, -0.1) is 11.8 Å². The van der Waals surface area contributed by atoms with E-state index in [-0.39, 0.29) is 5.91 Å². The van der Waals surface area contributed by atoms with E-state index in [1.807, 2.05) is 24.3 Å². The normalized spacial score (nSPS) is 9.73. The van der Waals surface area contributed by atoms with Gasteiger partial charge >= 0.3 is 0 Å². The van der Waals surface area contributed by atoms with Crippen molar-refractivity contribution in [1.82, 2.24) is 5.43 Å². The van der Waals surface area contributed by atoms with Crippen LogP contribution in [0.15, 0.2) is 29.2 Å². The first-order valence-electron chi connectivity index (χ1n) is 4.52. The average molecular weight is 226 g/mol. The molecular formula is C10H14N2O2S. The molecule has 15 heavy (non-hydrogen) atoms. The molecule has 1 rings (SSSR count). The van der Waals surface area contributed by atoms with Crippen LogP contribution in [0.1, 0.15) is 6.42 Å². The Kier molecular flexibility index (Phi) is 5.00. The maximum atomic E-state index is 10.8. The lowest BCUT2D eigenvalue weighted by Crippen LogP contribution is -2.30. The standard InChI is InChI=1S/C10H14N2O2S/c1-14-8-2-4-9(5-3-8)15-7-6-10(13)12-11/h2-5H,6-7,11H2,1H3,(H,12,13). The number of methoxy groups -OCH3 is 1. The molecule has 0 fully saturated rings. The number of hydrogen-bond donors (Lipinski definition) is 2. The van der Waals surface area contributed by atoms with Crippen LogP contribution in [0.2, 0.25) is 0 Å². The van der Waals surface area contributed by atoms with Crippen LogP contribution in [0.4, 0.5) is 0 Å². The van der Waals surface area contributed by atoms with E-state index >= 15 is 0 Å². The van der Waals surface area contributed by atoms with Crippen LogP contribution in [0, 0.1) is 0 Å². The molecule has 0 unspecified atom stereocenters. The summed E-state index contributed by atoms with van der Waals surface area (Å²) in [6.45, 7) is 0. The van der Waals surface area contributed by atoms with Crippen molar-refractivity contribution in [3.63, 3.8) is 0 Å². The van der Waals surface area contributed by atoms with Crippen molar-refractivity contribution in [2.75, 3.05) is 12.9 Å². The first-order chi connectivity index (χ1) is 7.26. The van der Waals surface area contributed by atoms with E-state index in [1.165, 1.54) is 0 Å². The minimum absolute atomic E-state index is 0.143. The summed E-state index contributed by atoms with van der Waals surface area (Å²) in [6.07, 6.45) is 0.424. The molecule has 0 heterocycles. The molecule has 0 aliphatic heterocycles. The van der Waals surface area contributed by atoms with Gasteiger partial charge in [-0.05, 0) is 24.3 Å². The first kappa shape index (κ1) is 11.9. The smallest absolute Gasteiger partial charge is 0.234 e. The van der Waals surface area contributed by atoms with E-state index in [2.05, 4.69) is 5.43 Å². The number of carbonyl (C=O) groups excluding carboxylic acids is 1. The van der Waals surface area contributed by atoms with Gasteiger partial charge in [0, 0.05) is 17.1 Å². The zero-order valence-electron chi connectivity index (χ0n) is 8.53. The molecule has 0 aromatic heterocycles. The Morgan fingerprint density at radius 2 is 2.13 bits per heavy atom. The number of ether oxygens (including phenoxy) is 1. The molecule has 1 amide bonds. The Bertz CT molecular complexity index is 314. The van der Waals surface area contributed by atoms with E-state index < -0.39 is 0 Å². The fourth-order valence-electron chi connectivity index (χ4n) is 1.01. The van der Waals surface area contributed by atoms with Gasteiger partial charge in [-0.2, -0.15) is 0 Å². The second kappa shape index (κ2) is 6.31. The van der Waals surface area contributed by atoms with Crippen LogP contribution in [-0.2, 0) is 4.79 Å². The molecule has 4 nitrogen and oxygen atoms in total. The lowest BCUT2D eigenvalue weighted by molar-refractivity contribution is -0.120. The molecule has 0 bridgehead atoms. The number of amides is 1. The highest BCUT2D eigenvalue weighted by Gasteiger charge is 1.99. The molecule has 1 aromatic rings. The van der Waals surface area contributed by atoms with E-state index in [0.29, 0.717) is 6.42 Å². The van der Waals surface area contributed by atoms with Crippen LogP contribution in [0.25, 0.3) is 0 Å². The SMILES string of the molecule is COc1ccc(SCCC(=O)NN)cc1. The van der Waals surface area contributed by atoms with Crippen LogP contribution < -0.4 is 16.0 Å². The fourth-order valence-corrected chi connectivity index (χ4v) is 1.86. The van der Waals surface area contributed by atoms with Gasteiger partial charge in [0.1, 0.15) is 5.75 Å². The highest BCUT2D eigenvalue weighted by molar-refractivity contribution is 7.99. The van der Waals surface area contributed by atoms with E-state index in [4.69, 9.17) is 10.6 Å². The van der Waals surface area contributed by atoms with Crippen molar-refractivity contribution in [2.24, 2.45) is 5.84 Å². The number of nitrogens with one attached hydrogen (secondary N) is 1. The zero-order chi connectivity index (χ0) is 11.1. The molecule has 0 radical (unpaired) electrons. The Balaban J connectivity index is 2.34. The van der Waals surface area contributed by atoms with Gasteiger partial charge in [0.05, 0.1) is 7.11 Å². The topological polar surface area (TPSA) is 64.3 Å². The summed E-state index contributed by atoms with van der Waals surface area (Å²) >= 11 is 1.61. The Morgan fingerprint density at radius 1 is 1.47 bits per heavy atom. The van der Waals surface area contributed by atoms with Crippen molar-refractivity contribution < 1.29 is 9.53 Å². The Hall–Kier alpha value is -1.20. The van der Waals surface area contributed by atoms with Crippen molar-refractivity contribution in [1.29, 1.82) is 0 Å². The molecule has 82 valence electrons. The quantitative estimate of drug-likeness (QED) is 0.342. The van der Waals surface area contributed by atoms with Crippen LogP contribution >= 0.6 is 11.8 Å².